The Morgan fingerprint density at radius 3 is 2.78 bits per heavy atom. The fraction of sp³-hybridized carbons (Fsp3) is 0.875. The van der Waals surface area contributed by atoms with E-state index in [1.807, 2.05) is 20.8 Å². The minimum atomic E-state index is -0.561. The van der Waals surface area contributed by atoms with Crippen LogP contribution in [0.2, 0.25) is 0 Å². The van der Waals surface area contributed by atoms with Crippen molar-refractivity contribution in [1.82, 2.24) is 10.2 Å². The highest BCUT2D eigenvalue weighted by atomic mass is 16.7. The molecule has 0 aromatic rings. The van der Waals surface area contributed by atoms with E-state index >= 15 is 0 Å². The molecule has 2 fully saturated rings. The van der Waals surface area contributed by atoms with E-state index in [0.717, 1.165) is 12.8 Å². The highest BCUT2D eigenvalue weighted by Crippen LogP contribution is 2.21. The molecule has 0 saturated carbocycles. The van der Waals surface area contributed by atoms with Gasteiger partial charge in [-0.25, -0.2) is 0 Å². The molecule has 3 N–H and O–H groups in total. The van der Waals surface area contributed by atoms with Crippen LogP contribution in [0.5, 0.6) is 0 Å². The average molecular weight is 327 g/mol. The summed E-state index contributed by atoms with van der Waals surface area (Å²) >= 11 is 0. The maximum absolute atomic E-state index is 12.6. The van der Waals surface area contributed by atoms with Gasteiger partial charge >= 0.3 is 0 Å². The molecule has 0 aromatic carbocycles. The smallest absolute Gasteiger partial charge is 0.243 e. The number of rotatable bonds is 6. The average Bonchev–Trinajstić information content (AvgIpc) is 3.15. The molecular weight excluding hydrogens is 298 g/mol. The van der Waals surface area contributed by atoms with Gasteiger partial charge in [0.05, 0.1) is 18.7 Å². The quantitative estimate of drug-likeness (QED) is 0.728. The monoisotopic (exact) mass is 327 g/mol. The second kappa shape index (κ2) is 8.08. The van der Waals surface area contributed by atoms with Gasteiger partial charge in [0.15, 0.2) is 6.29 Å². The number of carbonyl (C=O) groups is 2. The summed E-state index contributed by atoms with van der Waals surface area (Å²) < 4.78 is 11.0. The van der Waals surface area contributed by atoms with E-state index in [0.29, 0.717) is 26.2 Å². The van der Waals surface area contributed by atoms with Crippen LogP contribution in [0.3, 0.4) is 0 Å². The molecule has 2 saturated heterocycles. The van der Waals surface area contributed by atoms with Crippen molar-refractivity contribution < 1.29 is 19.1 Å². The lowest BCUT2D eigenvalue weighted by molar-refractivity contribution is -0.143. The third-order valence-corrected chi connectivity index (χ3v) is 4.54. The number of ether oxygens (including phenoxy) is 2. The van der Waals surface area contributed by atoms with Crippen molar-refractivity contribution in [2.75, 3.05) is 19.8 Å². The first-order valence-corrected chi connectivity index (χ1v) is 8.55. The molecule has 23 heavy (non-hydrogen) atoms. The molecule has 2 rings (SSSR count). The van der Waals surface area contributed by atoms with Crippen LogP contribution < -0.4 is 11.1 Å². The Hall–Kier alpha value is -1.18. The van der Waals surface area contributed by atoms with Gasteiger partial charge in [0, 0.05) is 13.2 Å². The third kappa shape index (κ3) is 4.22. The molecule has 0 aromatic heterocycles. The highest BCUT2D eigenvalue weighted by Gasteiger charge is 2.39. The zero-order chi connectivity index (χ0) is 17.0. The van der Waals surface area contributed by atoms with Crippen molar-refractivity contribution in [2.24, 2.45) is 11.7 Å². The van der Waals surface area contributed by atoms with Crippen molar-refractivity contribution >= 4 is 11.8 Å². The third-order valence-electron chi connectivity index (χ3n) is 4.54. The molecule has 2 aliphatic rings. The number of likely N-dealkylation sites (tertiary alicyclic amines) is 1. The second-order valence-electron chi connectivity index (χ2n) is 6.56. The van der Waals surface area contributed by atoms with Gasteiger partial charge in [0.25, 0.3) is 0 Å². The minimum Gasteiger partial charge on any atom is -0.351 e. The molecule has 2 heterocycles. The van der Waals surface area contributed by atoms with E-state index in [-0.39, 0.29) is 23.8 Å². The number of nitrogens with zero attached hydrogens (tertiary/aromatic N) is 1. The number of nitrogens with one attached hydrogen (secondary N) is 1. The molecule has 2 aliphatic heterocycles. The fourth-order valence-electron chi connectivity index (χ4n) is 3.09. The molecule has 7 heteroatoms. The summed E-state index contributed by atoms with van der Waals surface area (Å²) in [5.41, 5.74) is 5.96. The van der Waals surface area contributed by atoms with Crippen LogP contribution in [0, 0.1) is 5.92 Å². The number of hydrogen-bond donors (Lipinski definition) is 2. The highest BCUT2D eigenvalue weighted by molar-refractivity contribution is 5.90. The Bertz CT molecular complexity index is 430. The zero-order valence-electron chi connectivity index (χ0n) is 14.3. The summed E-state index contributed by atoms with van der Waals surface area (Å²) in [4.78, 5) is 26.7. The summed E-state index contributed by atoms with van der Waals surface area (Å²) in [6.45, 7) is 7.42. The molecule has 132 valence electrons. The second-order valence-corrected chi connectivity index (χ2v) is 6.56. The lowest BCUT2D eigenvalue weighted by atomic mass is 10.0. The van der Waals surface area contributed by atoms with Crippen LogP contribution in [0.4, 0.5) is 0 Å². The minimum absolute atomic E-state index is 0.0531. The van der Waals surface area contributed by atoms with Gasteiger partial charge in [-0.3, -0.25) is 9.59 Å². The number of hydrogen-bond acceptors (Lipinski definition) is 5. The first kappa shape index (κ1) is 18.2. The van der Waals surface area contributed by atoms with Gasteiger partial charge in [-0.2, -0.15) is 0 Å². The molecule has 0 bridgehead atoms. The van der Waals surface area contributed by atoms with Gasteiger partial charge < -0.3 is 25.4 Å². The van der Waals surface area contributed by atoms with Crippen molar-refractivity contribution in [3.05, 3.63) is 0 Å². The number of amides is 2. The lowest BCUT2D eigenvalue weighted by Crippen LogP contribution is -2.54. The normalized spacial score (nSPS) is 29.1. The summed E-state index contributed by atoms with van der Waals surface area (Å²) in [5, 5.41) is 2.99. The zero-order valence-corrected chi connectivity index (χ0v) is 14.3. The largest absolute Gasteiger partial charge is 0.351 e. The summed E-state index contributed by atoms with van der Waals surface area (Å²) in [6.07, 6.45) is 1.83. The predicted molar refractivity (Wildman–Crippen MR) is 85.5 cm³/mol. The van der Waals surface area contributed by atoms with E-state index < -0.39 is 18.4 Å². The standard InChI is InChI=1S/C16H29N3O4/c1-4-22-16-11(7-9-23-16)18-14(20)12-6-5-8-19(12)15(21)13(17)10(2)3/h10-13,16H,4-9,17H2,1-3H3,(H,18,20)/t11-,12-,13-,16+/m0/s1. The first-order valence-electron chi connectivity index (χ1n) is 8.55. The molecule has 0 spiro atoms. The van der Waals surface area contributed by atoms with E-state index in [2.05, 4.69) is 5.32 Å². The van der Waals surface area contributed by atoms with E-state index in [1.54, 1.807) is 4.90 Å². The van der Waals surface area contributed by atoms with E-state index in [4.69, 9.17) is 15.2 Å². The molecule has 4 atom stereocenters. The molecule has 0 unspecified atom stereocenters. The van der Waals surface area contributed by atoms with Crippen LogP contribution >= 0.6 is 0 Å². The van der Waals surface area contributed by atoms with Gasteiger partial charge in [0.2, 0.25) is 11.8 Å². The molecule has 0 aliphatic carbocycles. The molecular formula is C16H29N3O4. The summed E-state index contributed by atoms with van der Waals surface area (Å²) in [6, 6.07) is -1.15. The maximum atomic E-state index is 12.6. The SMILES string of the molecule is CCO[C@@H]1OCC[C@@H]1NC(=O)[C@@H]1CCCN1C(=O)[C@@H](N)C(C)C. The first-order chi connectivity index (χ1) is 11.0. The number of nitrogens with two attached hydrogens (primary N) is 1. The van der Waals surface area contributed by atoms with Crippen LogP contribution in [0.15, 0.2) is 0 Å². The fourth-order valence-corrected chi connectivity index (χ4v) is 3.09. The van der Waals surface area contributed by atoms with Crippen LogP contribution in [-0.2, 0) is 19.1 Å². The number of carbonyl (C=O) groups excluding carboxylic acids is 2. The van der Waals surface area contributed by atoms with Crippen molar-refractivity contribution in [3.8, 4) is 0 Å². The Kier molecular flexibility index (Phi) is 6.38. The van der Waals surface area contributed by atoms with Crippen LogP contribution in [0.1, 0.15) is 40.0 Å². The topological polar surface area (TPSA) is 93.9 Å². The van der Waals surface area contributed by atoms with Gasteiger partial charge in [0.1, 0.15) is 6.04 Å². The van der Waals surface area contributed by atoms with E-state index in [1.165, 1.54) is 0 Å². The Balaban J connectivity index is 1.96. The van der Waals surface area contributed by atoms with Crippen LogP contribution in [0.25, 0.3) is 0 Å². The van der Waals surface area contributed by atoms with E-state index in [9.17, 15) is 9.59 Å². The van der Waals surface area contributed by atoms with Crippen molar-refractivity contribution in [2.45, 2.75) is 64.4 Å². The van der Waals surface area contributed by atoms with Crippen molar-refractivity contribution in [3.63, 3.8) is 0 Å². The molecule has 0 radical (unpaired) electrons. The van der Waals surface area contributed by atoms with Gasteiger partial charge in [-0.15, -0.1) is 0 Å². The molecule has 2 amide bonds. The molecule has 7 nitrogen and oxygen atoms in total. The van der Waals surface area contributed by atoms with Crippen molar-refractivity contribution in [1.29, 1.82) is 0 Å². The lowest BCUT2D eigenvalue weighted by Gasteiger charge is -2.29. The predicted octanol–water partition coefficient (Wildman–Crippen LogP) is 0.228. The van der Waals surface area contributed by atoms with Gasteiger partial charge in [-0.1, -0.05) is 13.8 Å². The summed E-state index contributed by atoms with van der Waals surface area (Å²) in [5.74, 6) is -0.217. The maximum Gasteiger partial charge on any atom is 0.243 e. The summed E-state index contributed by atoms with van der Waals surface area (Å²) in [7, 11) is 0. The Morgan fingerprint density at radius 1 is 1.39 bits per heavy atom. The van der Waals surface area contributed by atoms with Gasteiger partial charge in [-0.05, 0) is 32.1 Å². The van der Waals surface area contributed by atoms with Crippen LogP contribution in [-0.4, -0.2) is 60.9 Å². The Morgan fingerprint density at radius 2 is 2.13 bits per heavy atom. The Labute approximate surface area is 137 Å².